The Morgan fingerprint density at radius 1 is 0.875 bits per heavy atom. The van der Waals surface area contributed by atoms with E-state index in [1.165, 1.54) is 0 Å². The normalized spacial score (nSPS) is 11.7. The Morgan fingerprint density at radius 3 is 2.62 bits per heavy atom. The van der Waals surface area contributed by atoms with Crippen LogP contribution >= 0.6 is 0 Å². The Morgan fingerprint density at radius 2 is 1.78 bits per heavy atom. The zero-order valence-corrected chi connectivity index (χ0v) is 17.8. The third-order valence-electron chi connectivity index (χ3n) is 5.68. The third-order valence-corrected chi connectivity index (χ3v) is 5.68. The van der Waals surface area contributed by atoms with E-state index in [2.05, 4.69) is 46.5 Å². The molecule has 32 heavy (non-hydrogen) atoms. The molecule has 0 saturated heterocycles. The third kappa shape index (κ3) is 2.92. The van der Waals surface area contributed by atoms with Gasteiger partial charge >= 0.3 is 0 Å². The highest BCUT2D eigenvalue weighted by Crippen LogP contribution is 2.36. The Hall–Kier alpha value is -4.19. The fourth-order valence-corrected chi connectivity index (χ4v) is 4.20. The van der Waals surface area contributed by atoms with Gasteiger partial charge in [-0.3, -0.25) is 4.40 Å². The standard InChI is InChI=1S/C26H21N5O/c1-17(2)24-23(32-19-8-5-7-18(15-19)31-13-6-11-28-31)16-21-25(29-24)20-9-3-4-10-22(20)30-14-12-27-26(21)30/h3-17H,1-2H3. The molecule has 0 N–H and O–H groups in total. The van der Waals surface area contributed by atoms with Crippen molar-refractivity contribution in [1.82, 2.24) is 24.1 Å². The van der Waals surface area contributed by atoms with E-state index in [0.29, 0.717) is 0 Å². The Kier molecular flexibility index (Phi) is 4.18. The first-order chi connectivity index (χ1) is 15.7. The van der Waals surface area contributed by atoms with Gasteiger partial charge in [0.05, 0.1) is 22.4 Å². The van der Waals surface area contributed by atoms with Crippen molar-refractivity contribution in [3.05, 3.63) is 91.1 Å². The van der Waals surface area contributed by atoms with Gasteiger partial charge in [-0.2, -0.15) is 5.10 Å². The van der Waals surface area contributed by atoms with E-state index in [0.717, 1.165) is 50.3 Å². The van der Waals surface area contributed by atoms with Gasteiger partial charge in [-0.15, -0.1) is 0 Å². The second-order valence-corrected chi connectivity index (χ2v) is 8.11. The SMILES string of the molecule is CC(C)c1nc2c3ccccc3n3ccnc3c2cc1Oc1cccc(-n2cccn2)c1. The van der Waals surface area contributed by atoms with Crippen molar-refractivity contribution in [2.75, 3.05) is 0 Å². The van der Waals surface area contributed by atoms with Crippen molar-refractivity contribution >= 4 is 27.5 Å². The minimum absolute atomic E-state index is 0.193. The van der Waals surface area contributed by atoms with Crippen molar-refractivity contribution in [2.45, 2.75) is 19.8 Å². The van der Waals surface area contributed by atoms with E-state index < -0.39 is 0 Å². The average Bonchev–Trinajstić information content (AvgIpc) is 3.52. The first-order valence-electron chi connectivity index (χ1n) is 10.7. The van der Waals surface area contributed by atoms with Crippen LogP contribution in [0.4, 0.5) is 0 Å². The molecule has 0 radical (unpaired) electrons. The lowest BCUT2D eigenvalue weighted by atomic mass is 10.0. The van der Waals surface area contributed by atoms with Crippen LogP contribution in [0, 0.1) is 0 Å². The lowest BCUT2D eigenvalue weighted by Gasteiger charge is -2.16. The fraction of sp³-hybridized carbons (Fsp3) is 0.115. The van der Waals surface area contributed by atoms with E-state index in [1.807, 2.05) is 65.7 Å². The second-order valence-electron chi connectivity index (χ2n) is 8.11. The van der Waals surface area contributed by atoms with Crippen molar-refractivity contribution in [1.29, 1.82) is 0 Å². The van der Waals surface area contributed by atoms with Gasteiger partial charge in [0.1, 0.15) is 17.1 Å². The number of pyridine rings is 2. The summed E-state index contributed by atoms with van der Waals surface area (Å²) in [5.41, 5.74) is 4.77. The minimum Gasteiger partial charge on any atom is -0.455 e. The number of hydrogen-bond acceptors (Lipinski definition) is 4. The largest absolute Gasteiger partial charge is 0.455 e. The summed E-state index contributed by atoms with van der Waals surface area (Å²) in [6, 6.07) is 20.2. The molecule has 0 aliphatic carbocycles. The lowest BCUT2D eigenvalue weighted by Crippen LogP contribution is -2.01. The molecule has 0 aliphatic heterocycles. The van der Waals surface area contributed by atoms with Crippen molar-refractivity contribution in [2.24, 2.45) is 0 Å². The first kappa shape index (κ1) is 18.6. The van der Waals surface area contributed by atoms with E-state index >= 15 is 0 Å². The van der Waals surface area contributed by atoms with Gasteiger partial charge in [0.15, 0.2) is 0 Å². The van der Waals surface area contributed by atoms with Crippen LogP contribution in [0.5, 0.6) is 11.5 Å². The monoisotopic (exact) mass is 419 g/mol. The molecule has 6 rings (SSSR count). The predicted octanol–water partition coefficient (Wildman–Crippen LogP) is 6.14. The van der Waals surface area contributed by atoms with Crippen LogP contribution < -0.4 is 4.74 Å². The maximum atomic E-state index is 6.41. The molecule has 0 atom stereocenters. The van der Waals surface area contributed by atoms with Crippen LogP contribution in [-0.2, 0) is 0 Å². The van der Waals surface area contributed by atoms with Crippen molar-refractivity contribution in [3.8, 4) is 17.2 Å². The molecule has 6 nitrogen and oxygen atoms in total. The van der Waals surface area contributed by atoms with E-state index in [9.17, 15) is 0 Å². The number of aromatic nitrogens is 5. The fourth-order valence-electron chi connectivity index (χ4n) is 4.20. The number of rotatable bonds is 4. The summed E-state index contributed by atoms with van der Waals surface area (Å²) >= 11 is 0. The molecule has 4 heterocycles. The Bertz CT molecular complexity index is 1580. The highest BCUT2D eigenvalue weighted by molar-refractivity contribution is 6.10. The molecule has 6 aromatic rings. The smallest absolute Gasteiger partial charge is 0.149 e. The highest BCUT2D eigenvalue weighted by atomic mass is 16.5. The molecular weight excluding hydrogens is 398 g/mol. The number of fused-ring (bicyclic) bond motifs is 6. The Labute approximate surface area is 184 Å². The van der Waals surface area contributed by atoms with Crippen LogP contribution in [-0.4, -0.2) is 24.1 Å². The summed E-state index contributed by atoms with van der Waals surface area (Å²) in [7, 11) is 0. The maximum Gasteiger partial charge on any atom is 0.149 e. The molecule has 0 amide bonds. The minimum atomic E-state index is 0.193. The number of imidazole rings is 1. The summed E-state index contributed by atoms with van der Waals surface area (Å²) < 4.78 is 10.3. The second kappa shape index (κ2) is 7.20. The van der Waals surface area contributed by atoms with Gasteiger partial charge in [-0.05, 0) is 36.2 Å². The number of hydrogen-bond donors (Lipinski definition) is 0. The lowest BCUT2D eigenvalue weighted by molar-refractivity contribution is 0.469. The van der Waals surface area contributed by atoms with E-state index in [1.54, 1.807) is 6.20 Å². The molecule has 2 aromatic carbocycles. The quantitative estimate of drug-likeness (QED) is 0.322. The molecule has 0 unspecified atom stereocenters. The summed E-state index contributed by atoms with van der Waals surface area (Å²) in [5.74, 6) is 1.67. The van der Waals surface area contributed by atoms with Crippen molar-refractivity contribution < 1.29 is 4.74 Å². The number of para-hydroxylation sites is 1. The maximum absolute atomic E-state index is 6.41. The van der Waals surface area contributed by atoms with Crippen LogP contribution in [0.3, 0.4) is 0 Å². The zero-order valence-electron chi connectivity index (χ0n) is 17.8. The molecule has 4 aromatic heterocycles. The van der Waals surface area contributed by atoms with Crippen LogP contribution in [0.25, 0.3) is 33.1 Å². The van der Waals surface area contributed by atoms with Crippen molar-refractivity contribution in [3.63, 3.8) is 0 Å². The number of ether oxygens (including phenoxy) is 1. The van der Waals surface area contributed by atoms with Crippen LogP contribution in [0.1, 0.15) is 25.5 Å². The van der Waals surface area contributed by atoms with Gasteiger partial charge in [-0.25, -0.2) is 14.6 Å². The number of nitrogens with zero attached hydrogens (tertiary/aromatic N) is 5. The van der Waals surface area contributed by atoms with Gasteiger partial charge in [0, 0.05) is 41.6 Å². The molecule has 0 spiro atoms. The summed E-state index contributed by atoms with van der Waals surface area (Å²) in [6.07, 6.45) is 7.49. The van der Waals surface area contributed by atoms with Gasteiger partial charge < -0.3 is 4.74 Å². The van der Waals surface area contributed by atoms with Gasteiger partial charge in [-0.1, -0.05) is 38.1 Å². The predicted molar refractivity (Wildman–Crippen MR) is 126 cm³/mol. The molecule has 0 saturated carbocycles. The first-order valence-corrected chi connectivity index (χ1v) is 10.7. The summed E-state index contributed by atoms with van der Waals surface area (Å²) in [6.45, 7) is 4.27. The molecule has 156 valence electrons. The van der Waals surface area contributed by atoms with E-state index in [-0.39, 0.29) is 5.92 Å². The molecule has 0 fully saturated rings. The van der Waals surface area contributed by atoms with Crippen LogP contribution in [0.2, 0.25) is 0 Å². The molecule has 6 heteroatoms. The zero-order chi connectivity index (χ0) is 21.7. The number of benzene rings is 2. The topological polar surface area (TPSA) is 57.2 Å². The van der Waals surface area contributed by atoms with Crippen LogP contribution in [0.15, 0.2) is 85.5 Å². The summed E-state index contributed by atoms with van der Waals surface area (Å²) in [5, 5.41) is 6.38. The van der Waals surface area contributed by atoms with E-state index in [4.69, 9.17) is 9.72 Å². The Balaban J connectivity index is 1.56. The van der Waals surface area contributed by atoms with Gasteiger partial charge in [0.2, 0.25) is 0 Å². The summed E-state index contributed by atoms with van der Waals surface area (Å²) in [4.78, 5) is 9.73. The molecule has 0 aliphatic rings. The highest BCUT2D eigenvalue weighted by Gasteiger charge is 2.18. The molecule has 0 bridgehead atoms. The molecular formula is C26H21N5O. The average molecular weight is 419 g/mol. The van der Waals surface area contributed by atoms with Gasteiger partial charge in [0.25, 0.3) is 0 Å².